The fraction of sp³-hybridized carbons (Fsp3) is 0.524. The first kappa shape index (κ1) is 17.9. The zero-order valence-corrected chi connectivity index (χ0v) is 15.9. The molecule has 2 aromatic rings. The van der Waals surface area contributed by atoms with Crippen LogP contribution in [0.25, 0.3) is 10.9 Å². The Labute approximate surface area is 159 Å². The predicted octanol–water partition coefficient (Wildman–Crippen LogP) is 3.23. The van der Waals surface area contributed by atoms with Crippen molar-refractivity contribution >= 4 is 22.8 Å². The van der Waals surface area contributed by atoms with E-state index in [1.807, 2.05) is 36.1 Å². The quantitative estimate of drug-likeness (QED) is 0.776. The van der Waals surface area contributed by atoms with Gasteiger partial charge in [0.1, 0.15) is 17.5 Å². The number of carbonyl (C=O) groups excluding carboxylic acids is 2. The lowest BCUT2D eigenvalue weighted by Crippen LogP contribution is -2.41. The van der Waals surface area contributed by atoms with Gasteiger partial charge in [0.15, 0.2) is 0 Å². The van der Waals surface area contributed by atoms with E-state index in [0.717, 1.165) is 23.1 Å². The number of benzene rings is 1. The van der Waals surface area contributed by atoms with Crippen LogP contribution in [0.15, 0.2) is 24.3 Å². The van der Waals surface area contributed by atoms with Crippen molar-refractivity contribution in [3.8, 4) is 5.75 Å². The molecule has 1 aromatic carbocycles. The fourth-order valence-corrected chi connectivity index (χ4v) is 4.13. The zero-order chi connectivity index (χ0) is 19.0. The number of aromatic nitrogens is 1. The summed E-state index contributed by atoms with van der Waals surface area (Å²) in [5, 5.41) is 1.03. The van der Waals surface area contributed by atoms with E-state index in [9.17, 15) is 9.59 Å². The molecule has 1 aromatic heterocycles. The third kappa shape index (κ3) is 3.17. The number of nitrogens with zero attached hydrogens (tertiary/aromatic N) is 2. The van der Waals surface area contributed by atoms with E-state index in [1.165, 1.54) is 0 Å². The molecule has 0 spiro atoms. The molecule has 0 N–H and O–H groups in total. The Bertz CT molecular complexity index is 864. The van der Waals surface area contributed by atoms with Gasteiger partial charge in [-0.15, -0.1) is 0 Å². The van der Waals surface area contributed by atoms with Crippen molar-refractivity contribution in [1.82, 2.24) is 9.47 Å². The van der Waals surface area contributed by atoms with Crippen molar-refractivity contribution < 1.29 is 19.1 Å². The number of rotatable bonds is 4. The van der Waals surface area contributed by atoms with Crippen LogP contribution in [0.3, 0.4) is 0 Å². The molecule has 2 aliphatic rings. The average Bonchev–Trinajstić information content (AvgIpc) is 3.07. The van der Waals surface area contributed by atoms with Crippen molar-refractivity contribution in [2.75, 3.05) is 19.7 Å². The number of amides is 1. The zero-order valence-electron chi connectivity index (χ0n) is 15.9. The van der Waals surface area contributed by atoms with Crippen LogP contribution in [-0.4, -0.2) is 47.1 Å². The second-order valence-electron chi connectivity index (χ2n) is 7.30. The van der Waals surface area contributed by atoms with Crippen LogP contribution >= 0.6 is 0 Å². The summed E-state index contributed by atoms with van der Waals surface area (Å²) in [4.78, 5) is 27.0. The predicted molar refractivity (Wildman–Crippen MR) is 102 cm³/mol. The minimum Gasteiger partial charge on any atom is -0.486 e. The Morgan fingerprint density at radius 3 is 2.70 bits per heavy atom. The fourth-order valence-electron chi connectivity index (χ4n) is 4.13. The second-order valence-corrected chi connectivity index (χ2v) is 7.30. The molecule has 0 saturated carbocycles. The highest BCUT2D eigenvalue weighted by Crippen LogP contribution is 2.35. The van der Waals surface area contributed by atoms with Gasteiger partial charge in [-0.25, -0.2) is 0 Å². The highest BCUT2D eigenvalue weighted by atomic mass is 16.5. The molecule has 4 rings (SSSR count). The molecule has 6 nitrogen and oxygen atoms in total. The van der Waals surface area contributed by atoms with Gasteiger partial charge >= 0.3 is 5.97 Å². The van der Waals surface area contributed by atoms with Crippen LogP contribution in [0.2, 0.25) is 0 Å². The number of hydrogen-bond acceptors (Lipinski definition) is 4. The summed E-state index contributed by atoms with van der Waals surface area (Å²) in [6, 6.07) is 7.94. The Hall–Kier alpha value is -2.50. The molecule has 1 saturated heterocycles. The van der Waals surface area contributed by atoms with Gasteiger partial charge in [0, 0.05) is 18.5 Å². The minimum atomic E-state index is -0.138. The lowest BCUT2D eigenvalue weighted by molar-refractivity contribution is -0.149. The SMILES string of the molecule is CCOC(=O)C1CCN(C(=O)c2cc3cccc4c3n2C[C@H](CC)O4)CC1. The summed E-state index contributed by atoms with van der Waals surface area (Å²) in [7, 11) is 0. The van der Waals surface area contributed by atoms with Crippen LogP contribution in [0.4, 0.5) is 0 Å². The van der Waals surface area contributed by atoms with Crippen molar-refractivity contribution in [2.24, 2.45) is 5.92 Å². The molecule has 144 valence electrons. The van der Waals surface area contributed by atoms with Gasteiger partial charge in [0.05, 0.1) is 24.6 Å². The first-order valence-electron chi connectivity index (χ1n) is 9.87. The second kappa shape index (κ2) is 7.25. The molecule has 27 heavy (non-hydrogen) atoms. The summed E-state index contributed by atoms with van der Waals surface area (Å²) in [6.07, 6.45) is 2.30. The van der Waals surface area contributed by atoms with E-state index in [1.54, 1.807) is 0 Å². The van der Waals surface area contributed by atoms with Crippen molar-refractivity contribution in [3.05, 3.63) is 30.0 Å². The Kier molecular flexibility index (Phi) is 4.81. The van der Waals surface area contributed by atoms with Crippen molar-refractivity contribution in [3.63, 3.8) is 0 Å². The molecule has 0 aliphatic carbocycles. The van der Waals surface area contributed by atoms with Gasteiger partial charge in [-0.2, -0.15) is 0 Å². The molecule has 0 bridgehead atoms. The summed E-state index contributed by atoms with van der Waals surface area (Å²) in [5.74, 6) is 0.658. The lowest BCUT2D eigenvalue weighted by Gasteiger charge is -2.32. The molecule has 1 fully saturated rings. The number of para-hydroxylation sites is 1. The number of hydrogen-bond donors (Lipinski definition) is 0. The van der Waals surface area contributed by atoms with Crippen LogP contribution in [0.1, 0.15) is 43.6 Å². The Morgan fingerprint density at radius 1 is 1.22 bits per heavy atom. The highest BCUT2D eigenvalue weighted by Gasteiger charge is 2.32. The molecule has 6 heteroatoms. The number of likely N-dealkylation sites (tertiary alicyclic amines) is 1. The molecule has 2 aliphatic heterocycles. The smallest absolute Gasteiger partial charge is 0.309 e. The van der Waals surface area contributed by atoms with E-state index in [-0.39, 0.29) is 23.9 Å². The van der Waals surface area contributed by atoms with Crippen LogP contribution in [0, 0.1) is 5.92 Å². The first-order chi connectivity index (χ1) is 13.1. The molecule has 1 atom stereocenters. The number of carbonyl (C=O) groups is 2. The summed E-state index contributed by atoms with van der Waals surface area (Å²) < 4.78 is 13.3. The largest absolute Gasteiger partial charge is 0.486 e. The molecule has 1 amide bonds. The third-order valence-corrected chi connectivity index (χ3v) is 5.64. The average molecular weight is 370 g/mol. The third-order valence-electron chi connectivity index (χ3n) is 5.64. The maximum Gasteiger partial charge on any atom is 0.309 e. The first-order valence-corrected chi connectivity index (χ1v) is 9.87. The Balaban J connectivity index is 1.56. The minimum absolute atomic E-state index is 0.0382. The molecule has 0 radical (unpaired) electrons. The summed E-state index contributed by atoms with van der Waals surface area (Å²) in [6.45, 7) is 6.19. The van der Waals surface area contributed by atoms with Crippen LogP contribution < -0.4 is 4.74 Å². The van der Waals surface area contributed by atoms with Crippen molar-refractivity contribution in [1.29, 1.82) is 0 Å². The van der Waals surface area contributed by atoms with Gasteiger partial charge in [0.25, 0.3) is 5.91 Å². The number of ether oxygens (including phenoxy) is 2. The van der Waals surface area contributed by atoms with Gasteiger partial charge in [-0.3, -0.25) is 9.59 Å². The molecule has 0 unspecified atom stereocenters. The molecular formula is C21H26N2O4. The van der Waals surface area contributed by atoms with Crippen molar-refractivity contribution in [2.45, 2.75) is 45.8 Å². The maximum atomic E-state index is 13.2. The molecular weight excluding hydrogens is 344 g/mol. The van der Waals surface area contributed by atoms with E-state index < -0.39 is 0 Å². The summed E-state index contributed by atoms with van der Waals surface area (Å²) >= 11 is 0. The van der Waals surface area contributed by atoms with Crippen LogP contribution in [-0.2, 0) is 16.1 Å². The lowest BCUT2D eigenvalue weighted by atomic mass is 9.97. The standard InChI is InChI=1S/C21H26N2O4/c1-3-16-13-23-17(12-15-6-5-7-18(27-16)19(15)23)20(24)22-10-8-14(9-11-22)21(25)26-4-2/h5-7,12,14,16H,3-4,8-11,13H2,1-2H3/t16-/m0/s1. The topological polar surface area (TPSA) is 60.8 Å². The Morgan fingerprint density at radius 2 is 2.00 bits per heavy atom. The van der Waals surface area contributed by atoms with E-state index in [0.29, 0.717) is 44.8 Å². The normalized spacial score (nSPS) is 19.8. The monoisotopic (exact) mass is 370 g/mol. The number of piperidine rings is 1. The summed E-state index contributed by atoms with van der Waals surface area (Å²) in [5.41, 5.74) is 1.72. The van der Waals surface area contributed by atoms with E-state index >= 15 is 0 Å². The highest BCUT2D eigenvalue weighted by molar-refractivity contribution is 6.00. The van der Waals surface area contributed by atoms with Crippen LogP contribution in [0.5, 0.6) is 5.75 Å². The van der Waals surface area contributed by atoms with Gasteiger partial charge in [-0.1, -0.05) is 19.1 Å². The molecule has 3 heterocycles. The van der Waals surface area contributed by atoms with E-state index in [4.69, 9.17) is 9.47 Å². The number of esters is 1. The van der Waals surface area contributed by atoms with Gasteiger partial charge in [-0.05, 0) is 38.3 Å². The maximum absolute atomic E-state index is 13.2. The van der Waals surface area contributed by atoms with E-state index in [2.05, 4.69) is 11.5 Å². The van der Waals surface area contributed by atoms with Gasteiger partial charge in [0.2, 0.25) is 0 Å². The van der Waals surface area contributed by atoms with Gasteiger partial charge < -0.3 is 18.9 Å².